The van der Waals surface area contributed by atoms with Crippen LogP contribution in [0.15, 0.2) is 29.6 Å². The molecule has 0 aliphatic rings. The van der Waals surface area contributed by atoms with Gasteiger partial charge in [-0.2, -0.15) is 5.10 Å². The lowest BCUT2D eigenvalue weighted by molar-refractivity contribution is 0.577. The predicted octanol–water partition coefficient (Wildman–Crippen LogP) is 3.23. The monoisotopic (exact) mass is 290 g/mol. The van der Waals surface area contributed by atoms with E-state index in [1.54, 1.807) is 11.3 Å². The van der Waals surface area contributed by atoms with Gasteiger partial charge in [-0.3, -0.25) is 0 Å². The Morgan fingerprint density at radius 1 is 1.20 bits per heavy atom. The van der Waals surface area contributed by atoms with Gasteiger partial charge in [0, 0.05) is 24.5 Å². The summed E-state index contributed by atoms with van der Waals surface area (Å²) in [6, 6.07) is 9.07. The van der Waals surface area contributed by atoms with Crippen molar-refractivity contribution >= 4 is 17.2 Å². The smallest absolute Gasteiger partial charge is 0.151 e. The van der Waals surface area contributed by atoms with Crippen LogP contribution in [0.25, 0.3) is 0 Å². The minimum Gasteiger partial charge on any atom is -0.351 e. The third-order valence-electron chi connectivity index (χ3n) is 3.29. The maximum Gasteiger partial charge on any atom is 0.151 e. The van der Waals surface area contributed by atoms with E-state index in [1.807, 2.05) is 12.1 Å². The molecule has 0 radical (unpaired) electrons. The quantitative estimate of drug-likeness (QED) is 0.887. The summed E-state index contributed by atoms with van der Waals surface area (Å²) in [5.41, 5.74) is 0.972. The van der Waals surface area contributed by atoms with E-state index in [1.165, 1.54) is 4.88 Å². The Hall–Kier alpha value is -1.46. The molecule has 2 aromatic heterocycles. The third kappa shape index (κ3) is 3.77. The van der Waals surface area contributed by atoms with Crippen LogP contribution < -0.4 is 10.2 Å². The van der Waals surface area contributed by atoms with E-state index in [2.05, 4.69) is 65.7 Å². The highest BCUT2D eigenvalue weighted by atomic mass is 32.1. The van der Waals surface area contributed by atoms with Crippen LogP contribution >= 0.6 is 11.3 Å². The number of hydrogen-bond donors (Lipinski definition) is 1. The van der Waals surface area contributed by atoms with Crippen molar-refractivity contribution in [3.63, 3.8) is 0 Å². The van der Waals surface area contributed by atoms with Crippen molar-refractivity contribution in [2.75, 3.05) is 11.9 Å². The van der Waals surface area contributed by atoms with Gasteiger partial charge in [0.1, 0.15) is 0 Å². The van der Waals surface area contributed by atoms with Crippen LogP contribution in [0, 0.1) is 0 Å². The number of hydrogen-bond acceptors (Lipinski definition) is 5. The molecule has 0 amide bonds. The summed E-state index contributed by atoms with van der Waals surface area (Å²) < 4.78 is 0. The maximum atomic E-state index is 4.33. The Labute approximate surface area is 124 Å². The van der Waals surface area contributed by atoms with Crippen molar-refractivity contribution in [3.8, 4) is 0 Å². The molecule has 0 saturated heterocycles. The molecule has 0 spiro atoms. The normalized spacial score (nSPS) is 12.7. The second-order valence-electron chi connectivity index (χ2n) is 5.22. The Morgan fingerprint density at radius 2 is 2.00 bits per heavy atom. The van der Waals surface area contributed by atoms with E-state index >= 15 is 0 Å². The van der Waals surface area contributed by atoms with E-state index < -0.39 is 0 Å². The second kappa shape index (κ2) is 6.81. The van der Waals surface area contributed by atoms with E-state index in [-0.39, 0.29) is 0 Å². The first-order valence-corrected chi connectivity index (χ1v) is 7.78. The largest absolute Gasteiger partial charge is 0.351 e. The Kier molecular flexibility index (Phi) is 5.09. The zero-order valence-corrected chi connectivity index (χ0v) is 13.3. The van der Waals surface area contributed by atoms with Crippen LogP contribution in [0.3, 0.4) is 0 Å². The van der Waals surface area contributed by atoms with Crippen molar-refractivity contribution in [3.05, 3.63) is 40.2 Å². The van der Waals surface area contributed by atoms with Gasteiger partial charge in [-0.1, -0.05) is 19.9 Å². The first-order chi connectivity index (χ1) is 9.58. The summed E-state index contributed by atoms with van der Waals surface area (Å²) in [4.78, 5) is 3.48. The number of anilines is 1. The Balaban J connectivity index is 2.02. The molecule has 0 aliphatic heterocycles. The molecule has 20 heavy (non-hydrogen) atoms. The van der Waals surface area contributed by atoms with Crippen molar-refractivity contribution in [2.45, 2.75) is 39.4 Å². The van der Waals surface area contributed by atoms with Crippen LogP contribution in [0.4, 0.5) is 5.82 Å². The summed E-state index contributed by atoms with van der Waals surface area (Å²) in [6.07, 6.45) is 0. The predicted molar refractivity (Wildman–Crippen MR) is 85.1 cm³/mol. The highest BCUT2D eigenvalue weighted by Crippen LogP contribution is 2.26. The summed E-state index contributed by atoms with van der Waals surface area (Å²) in [7, 11) is 2.06. The van der Waals surface area contributed by atoms with Crippen molar-refractivity contribution in [1.82, 2.24) is 15.5 Å². The fourth-order valence-corrected chi connectivity index (χ4v) is 2.69. The molecule has 2 aromatic rings. The van der Waals surface area contributed by atoms with Gasteiger partial charge < -0.3 is 10.2 Å². The highest BCUT2D eigenvalue weighted by molar-refractivity contribution is 7.10. The molecule has 1 unspecified atom stereocenters. The fourth-order valence-electron chi connectivity index (χ4n) is 1.86. The molecule has 108 valence electrons. The average molecular weight is 290 g/mol. The lowest BCUT2D eigenvalue weighted by Crippen LogP contribution is -2.24. The van der Waals surface area contributed by atoms with Gasteiger partial charge in [-0.15, -0.1) is 16.4 Å². The first-order valence-electron chi connectivity index (χ1n) is 6.90. The summed E-state index contributed by atoms with van der Waals surface area (Å²) in [5.74, 6) is 0.902. The van der Waals surface area contributed by atoms with E-state index in [0.717, 1.165) is 18.1 Å². The Morgan fingerprint density at radius 3 is 2.55 bits per heavy atom. The van der Waals surface area contributed by atoms with Crippen LogP contribution in [-0.4, -0.2) is 23.3 Å². The molecule has 0 aromatic carbocycles. The summed E-state index contributed by atoms with van der Waals surface area (Å²) in [6.45, 7) is 7.19. The fraction of sp³-hybridized carbons (Fsp3) is 0.467. The van der Waals surface area contributed by atoms with Gasteiger partial charge >= 0.3 is 0 Å². The molecule has 0 saturated carbocycles. The molecular weight excluding hydrogens is 268 g/mol. The molecule has 1 N–H and O–H groups in total. The summed E-state index contributed by atoms with van der Waals surface area (Å²) >= 11 is 1.77. The lowest BCUT2D eigenvalue weighted by atomic mass is 10.2. The topological polar surface area (TPSA) is 41.0 Å². The minimum atomic E-state index is 0.309. The highest BCUT2D eigenvalue weighted by Gasteiger charge is 2.14. The SMILES string of the molecule is CC(C)NCc1ccc(N(C)C(C)c2cccs2)nn1. The van der Waals surface area contributed by atoms with Crippen LogP contribution in [0.2, 0.25) is 0 Å². The second-order valence-corrected chi connectivity index (χ2v) is 6.20. The zero-order valence-electron chi connectivity index (χ0n) is 12.5. The van der Waals surface area contributed by atoms with Gasteiger partial charge in [0.15, 0.2) is 5.82 Å². The number of thiophene rings is 1. The Bertz CT molecular complexity index is 507. The minimum absolute atomic E-state index is 0.309. The van der Waals surface area contributed by atoms with Crippen LogP contribution in [-0.2, 0) is 6.54 Å². The van der Waals surface area contributed by atoms with Crippen LogP contribution in [0.1, 0.15) is 37.4 Å². The average Bonchev–Trinajstić information content (AvgIpc) is 2.98. The molecule has 0 fully saturated rings. The molecule has 0 aliphatic carbocycles. The summed E-state index contributed by atoms with van der Waals surface area (Å²) in [5, 5.41) is 14.1. The van der Waals surface area contributed by atoms with Gasteiger partial charge in [0.05, 0.1) is 11.7 Å². The molecule has 5 heteroatoms. The van der Waals surface area contributed by atoms with Crippen LogP contribution in [0.5, 0.6) is 0 Å². The van der Waals surface area contributed by atoms with Crippen molar-refractivity contribution < 1.29 is 0 Å². The number of nitrogens with one attached hydrogen (secondary N) is 1. The molecule has 2 rings (SSSR count). The van der Waals surface area contributed by atoms with Gasteiger partial charge in [0.2, 0.25) is 0 Å². The van der Waals surface area contributed by atoms with E-state index in [0.29, 0.717) is 12.1 Å². The van der Waals surface area contributed by atoms with Crippen molar-refractivity contribution in [1.29, 1.82) is 0 Å². The van der Waals surface area contributed by atoms with E-state index in [4.69, 9.17) is 0 Å². The van der Waals surface area contributed by atoms with E-state index in [9.17, 15) is 0 Å². The zero-order chi connectivity index (χ0) is 14.5. The standard InChI is InChI=1S/C15H22N4S/c1-11(2)16-10-13-7-8-15(18-17-13)19(4)12(3)14-6-5-9-20-14/h5-9,11-12,16H,10H2,1-4H3. The molecular formula is C15H22N4S. The number of rotatable bonds is 6. The molecule has 1 atom stereocenters. The van der Waals surface area contributed by atoms with Gasteiger partial charge in [-0.05, 0) is 30.5 Å². The van der Waals surface area contributed by atoms with Gasteiger partial charge in [-0.25, -0.2) is 0 Å². The maximum absolute atomic E-state index is 4.33. The number of aromatic nitrogens is 2. The van der Waals surface area contributed by atoms with Crippen molar-refractivity contribution in [2.24, 2.45) is 0 Å². The first kappa shape index (κ1) is 14.9. The van der Waals surface area contributed by atoms with Gasteiger partial charge in [0.25, 0.3) is 0 Å². The molecule has 0 bridgehead atoms. The molecule has 2 heterocycles. The number of nitrogens with zero attached hydrogens (tertiary/aromatic N) is 3. The third-order valence-corrected chi connectivity index (χ3v) is 4.34. The lowest BCUT2D eigenvalue weighted by Gasteiger charge is -2.24. The molecule has 4 nitrogen and oxygen atoms in total.